The molecule has 0 N–H and O–H groups in total. The Hall–Kier alpha value is -1.95. The summed E-state index contributed by atoms with van der Waals surface area (Å²) in [7, 11) is 1.85. The molecule has 0 aliphatic carbocycles. The standard InChI is InChI=1S/C13H14N2O/c1-10(2)11-4-6-12(7-5-11)16-13-8-14-15(3)9-13/h4,6,8-10H,1-3H3. The summed E-state index contributed by atoms with van der Waals surface area (Å²) in [5.41, 5.74) is 1.14. The highest BCUT2D eigenvalue weighted by Crippen LogP contribution is 2.20. The molecule has 0 bridgehead atoms. The lowest BCUT2D eigenvalue weighted by Crippen LogP contribution is -1.86. The topological polar surface area (TPSA) is 27.1 Å². The number of hydrogen-bond acceptors (Lipinski definition) is 2. The molecule has 0 unspecified atom stereocenters. The van der Waals surface area contributed by atoms with Gasteiger partial charge in [-0.25, -0.2) is 0 Å². The van der Waals surface area contributed by atoms with Gasteiger partial charge in [0.1, 0.15) is 0 Å². The number of nitrogens with zero attached hydrogens (tertiary/aromatic N) is 2. The molecule has 3 heteroatoms. The van der Waals surface area contributed by atoms with Crippen LogP contribution >= 0.6 is 0 Å². The van der Waals surface area contributed by atoms with Crippen molar-refractivity contribution in [3.05, 3.63) is 42.2 Å². The molecule has 2 aromatic rings. The highest BCUT2D eigenvalue weighted by atomic mass is 16.5. The van der Waals surface area contributed by atoms with Crippen LogP contribution < -0.4 is 4.74 Å². The summed E-state index contributed by atoms with van der Waals surface area (Å²) >= 11 is 0. The van der Waals surface area contributed by atoms with Crippen LogP contribution in [0.3, 0.4) is 0 Å². The summed E-state index contributed by atoms with van der Waals surface area (Å²) < 4.78 is 7.26. The van der Waals surface area contributed by atoms with Crippen molar-refractivity contribution >= 4 is 0 Å². The monoisotopic (exact) mass is 214 g/mol. The maximum Gasteiger partial charge on any atom is 0.177 e. The second kappa shape index (κ2) is 4.28. The highest BCUT2D eigenvalue weighted by Gasteiger charge is 2.01. The molecule has 0 aliphatic heterocycles. The molecule has 1 aromatic carbocycles. The van der Waals surface area contributed by atoms with Gasteiger partial charge in [0.05, 0.1) is 12.4 Å². The lowest BCUT2D eigenvalue weighted by Gasteiger charge is -2.02. The van der Waals surface area contributed by atoms with Gasteiger partial charge in [0.25, 0.3) is 0 Å². The Morgan fingerprint density at radius 3 is 2.62 bits per heavy atom. The van der Waals surface area contributed by atoms with E-state index in [9.17, 15) is 0 Å². The first-order valence-corrected chi connectivity index (χ1v) is 5.25. The average molecular weight is 214 g/mol. The largest absolute Gasteiger partial charge is 0.445 e. The first kappa shape index (κ1) is 10.6. The lowest BCUT2D eigenvalue weighted by molar-refractivity contribution is 0.482. The number of hydrogen-bond donors (Lipinski definition) is 0. The summed E-state index contributed by atoms with van der Waals surface area (Å²) in [6.45, 7) is 4.25. The van der Waals surface area contributed by atoms with Gasteiger partial charge in [-0.3, -0.25) is 4.68 Å². The number of aromatic nitrogens is 2. The Kier molecular flexibility index (Phi) is 2.82. The molecule has 16 heavy (non-hydrogen) atoms. The van der Waals surface area contributed by atoms with Crippen LogP contribution in [0.25, 0.3) is 0 Å². The predicted molar refractivity (Wildman–Crippen MR) is 61.5 cm³/mol. The molecule has 1 heterocycles. The Bertz CT molecular complexity index is 457. The van der Waals surface area contributed by atoms with Gasteiger partial charge in [0, 0.05) is 12.6 Å². The molecule has 3 nitrogen and oxygen atoms in total. The van der Waals surface area contributed by atoms with Gasteiger partial charge in [-0.1, -0.05) is 19.9 Å². The molecule has 1 aromatic heterocycles. The molecular formula is C13H14N2O. The second-order valence-electron chi connectivity index (χ2n) is 4.01. The Morgan fingerprint density at radius 2 is 2.12 bits per heavy atom. The van der Waals surface area contributed by atoms with Crippen LogP contribution in [0.15, 0.2) is 24.5 Å². The van der Waals surface area contributed by atoms with E-state index in [1.807, 2.05) is 25.4 Å². The van der Waals surface area contributed by atoms with Crippen molar-refractivity contribution < 1.29 is 4.74 Å². The van der Waals surface area contributed by atoms with E-state index in [1.165, 1.54) is 0 Å². The smallest absolute Gasteiger partial charge is 0.177 e. The van der Waals surface area contributed by atoms with Crippen LogP contribution in [0.2, 0.25) is 0 Å². The maximum atomic E-state index is 5.56. The summed E-state index contributed by atoms with van der Waals surface area (Å²) in [5, 5.41) is 4.03. The average Bonchev–Trinajstić information content (AvgIpc) is 2.65. The highest BCUT2D eigenvalue weighted by molar-refractivity contribution is 5.27. The zero-order valence-electron chi connectivity index (χ0n) is 9.69. The van der Waals surface area contributed by atoms with Gasteiger partial charge >= 0.3 is 0 Å². The van der Waals surface area contributed by atoms with E-state index in [4.69, 9.17) is 4.74 Å². The van der Waals surface area contributed by atoms with Crippen molar-refractivity contribution in [2.75, 3.05) is 0 Å². The van der Waals surface area contributed by atoms with Crippen LogP contribution in [0.4, 0.5) is 0 Å². The molecule has 0 aliphatic rings. The third-order valence-corrected chi connectivity index (χ3v) is 2.28. The molecule has 0 saturated heterocycles. The Morgan fingerprint density at radius 1 is 1.31 bits per heavy atom. The quantitative estimate of drug-likeness (QED) is 0.785. The van der Waals surface area contributed by atoms with E-state index in [0.29, 0.717) is 17.4 Å². The van der Waals surface area contributed by atoms with Crippen molar-refractivity contribution in [1.29, 1.82) is 0 Å². The molecule has 0 amide bonds. The molecule has 0 spiro atoms. The van der Waals surface area contributed by atoms with Gasteiger partial charge in [-0.05, 0) is 24.1 Å². The summed E-state index contributed by atoms with van der Waals surface area (Å²) in [6, 6.07) is 9.99. The molecule has 2 rings (SSSR count). The van der Waals surface area contributed by atoms with Crippen LogP contribution in [0.1, 0.15) is 25.3 Å². The first-order valence-electron chi connectivity index (χ1n) is 5.25. The van der Waals surface area contributed by atoms with Crippen molar-refractivity contribution in [2.45, 2.75) is 19.8 Å². The number of rotatable bonds is 3. The molecule has 82 valence electrons. The summed E-state index contributed by atoms with van der Waals surface area (Å²) in [6.07, 6.45) is 3.48. The Balaban J connectivity index is 2.11. The molecule has 0 atom stereocenters. The third-order valence-electron chi connectivity index (χ3n) is 2.28. The molecule has 0 saturated carbocycles. The number of aryl methyl sites for hydroxylation is 1. The summed E-state index contributed by atoms with van der Waals surface area (Å²) in [4.78, 5) is 0. The first-order chi connectivity index (χ1) is 7.65. The minimum atomic E-state index is 0.462. The van der Waals surface area contributed by atoms with Crippen molar-refractivity contribution in [1.82, 2.24) is 9.78 Å². The van der Waals surface area contributed by atoms with Gasteiger partial charge < -0.3 is 4.74 Å². The second-order valence-corrected chi connectivity index (χ2v) is 4.01. The minimum Gasteiger partial charge on any atom is -0.445 e. The normalized spacial score (nSPS) is 10.2. The third kappa shape index (κ3) is 2.34. The van der Waals surface area contributed by atoms with Crippen LogP contribution in [-0.2, 0) is 7.05 Å². The number of ether oxygens (including phenoxy) is 1. The van der Waals surface area contributed by atoms with Crippen molar-refractivity contribution in [2.24, 2.45) is 7.05 Å². The Labute approximate surface area is 95.7 Å². The lowest BCUT2D eigenvalue weighted by atomic mass is 10.1. The van der Waals surface area contributed by atoms with Gasteiger partial charge in [0.2, 0.25) is 0 Å². The zero-order valence-corrected chi connectivity index (χ0v) is 9.69. The minimum absolute atomic E-state index is 0.462. The van der Waals surface area contributed by atoms with Crippen molar-refractivity contribution in [3.63, 3.8) is 0 Å². The predicted octanol–water partition coefficient (Wildman–Crippen LogP) is 2.94. The summed E-state index contributed by atoms with van der Waals surface area (Å²) in [5.74, 6) is 1.84. The fraction of sp³-hybridized carbons (Fsp3) is 0.308. The van der Waals surface area contributed by atoms with E-state index < -0.39 is 0 Å². The van der Waals surface area contributed by atoms with Crippen LogP contribution in [0, 0.1) is 12.1 Å². The molecule has 0 fully saturated rings. The van der Waals surface area contributed by atoms with Gasteiger partial charge in [-0.2, -0.15) is 5.10 Å². The van der Waals surface area contributed by atoms with Gasteiger partial charge in [0.15, 0.2) is 11.5 Å². The molecule has 0 radical (unpaired) electrons. The zero-order chi connectivity index (χ0) is 11.5. The van der Waals surface area contributed by atoms with Crippen LogP contribution in [-0.4, -0.2) is 9.78 Å². The van der Waals surface area contributed by atoms with E-state index >= 15 is 0 Å². The van der Waals surface area contributed by atoms with E-state index in [1.54, 1.807) is 10.9 Å². The van der Waals surface area contributed by atoms with E-state index in [2.05, 4.69) is 31.1 Å². The fourth-order valence-corrected chi connectivity index (χ4v) is 1.36. The SMILES string of the molecule is CC(C)c1c#cc(Oc2cnn(C)c2)cc1. The molecular weight excluding hydrogens is 200 g/mol. The maximum absolute atomic E-state index is 5.56. The van der Waals surface area contributed by atoms with E-state index in [-0.39, 0.29) is 0 Å². The van der Waals surface area contributed by atoms with Crippen molar-refractivity contribution in [3.8, 4) is 11.5 Å². The fourth-order valence-electron chi connectivity index (χ4n) is 1.36. The van der Waals surface area contributed by atoms with Gasteiger partial charge in [-0.15, -0.1) is 0 Å². The van der Waals surface area contributed by atoms with Crippen LogP contribution in [0.5, 0.6) is 11.5 Å². The van der Waals surface area contributed by atoms with E-state index in [0.717, 1.165) is 5.56 Å².